The number of carbonyl (C=O) groups is 2. The van der Waals surface area contributed by atoms with Gasteiger partial charge < -0.3 is 10.0 Å². The molecule has 0 aliphatic carbocycles. The van der Waals surface area contributed by atoms with E-state index in [1.807, 2.05) is 0 Å². The summed E-state index contributed by atoms with van der Waals surface area (Å²) in [4.78, 5) is 24.6. The van der Waals surface area contributed by atoms with Gasteiger partial charge in [0.15, 0.2) is 0 Å². The van der Waals surface area contributed by atoms with Crippen molar-refractivity contribution >= 4 is 17.6 Å². The van der Waals surface area contributed by atoms with Gasteiger partial charge in [0, 0.05) is 12.6 Å². The first-order valence-corrected chi connectivity index (χ1v) is 5.86. The smallest absolute Gasteiger partial charge is 0.337 e. The fourth-order valence-corrected chi connectivity index (χ4v) is 1.87. The molecule has 0 aromatic heterocycles. The standard InChI is InChI=1S/C15H12FNO3/c1-17(13-8-3-2-7-12(13)15(19)20)14(18)10-5-4-6-11(16)9-10/h2-9H,1H3,(H,19,20). The van der Waals surface area contributed by atoms with Crippen LogP contribution in [-0.4, -0.2) is 24.0 Å². The third-order valence-corrected chi connectivity index (χ3v) is 2.87. The molecule has 0 radical (unpaired) electrons. The van der Waals surface area contributed by atoms with Crippen molar-refractivity contribution < 1.29 is 19.1 Å². The third kappa shape index (κ3) is 2.66. The van der Waals surface area contributed by atoms with E-state index in [0.717, 1.165) is 6.07 Å². The van der Waals surface area contributed by atoms with Gasteiger partial charge in [0.2, 0.25) is 0 Å². The summed E-state index contributed by atoms with van der Waals surface area (Å²) in [7, 11) is 1.45. The van der Waals surface area contributed by atoms with Crippen LogP contribution in [-0.2, 0) is 0 Å². The third-order valence-electron chi connectivity index (χ3n) is 2.87. The number of anilines is 1. The summed E-state index contributed by atoms with van der Waals surface area (Å²) in [6, 6.07) is 11.4. The number of halogens is 1. The summed E-state index contributed by atoms with van der Waals surface area (Å²) in [5.41, 5.74) is 0.432. The van der Waals surface area contributed by atoms with Gasteiger partial charge in [-0.25, -0.2) is 9.18 Å². The predicted molar refractivity (Wildman–Crippen MR) is 72.5 cm³/mol. The molecular formula is C15H12FNO3. The maximum absolute atomic E-state index is 13.1. The Bertz CT molecular complexity index is 670. The Morgan fingerprint density at radius 3 is 2.45 bits per heavy atom. The van der Waals surface area contributed by atoms with Crippen molar-refractivity contribution in [1.29, 1.82) is 0 Å². The number of amides is 1. The molecule has 0 saturated carbocycles. The van der Waals surface area contributed by atoms with Gasteiger partial charge in [-0.1, -0.05) is 18.2 Å². The van der Waals surface area contributed by atoms with E-state index in [4.69, 9.17) is 5.11 Å². The lowest BCUT2D eigenvalue weighted by Gasteiger charge is -2.19. The maximum atomic E-state index is 13.1. The van der Waals surface area contributed by atoms with Crippen LogP contribution in [0.2, 0.25) is 0 Å². The van der Waals surface area contributed by atoms with Gasteiger partial charge in [0.1, 0.15) is 5.82 Å². The maximum Gasteiger partial charge on any atom is 0.337 e. The van der Waals surface area contributed by atoms with Crippen molar-refractivity contribution in [3.63, 3.8) is 0 Å². The van der Waals surface area contributed by atoms with Crippen LogP contribution in [0.1, 0.15) is 20.7 Å². The van der Waals surface area contributed by atoms with Crippen molar-refractivity contribution in [2.75, 3.05) is 11.9 Å². The van der Waals surface area contributed by atoms with E-state index >= 15 is 0 Å². The summed E-state index contributed by atoms with van der Waals surface area (Å²) < 4.78 is 13.1. The van der Waals surface area contributed by atoms with Crippen molar-refractivity contribution in [3.8, 4) is 0 Å². The Kier molecular flexibility index (Phi) is 3.79. The molecule has 5 heteroatoms. The predicted octanol–water partition coefficient (Wildman–Crippen LogP) is 2.80. The van der Waals surface area contributed by atoms with Gasteiger partial charge in [0.05, 0.1) is 11.3 Å². The molecule has 0 aliphatic heterocycles. The van der Waals surface area contributed by atoms with E-state index in [2.05, 4.69) is 0 Å². The summed E-state index contributed by atoms with van der Waals surface area (Å²) in [6.07, 6.45) is 0. The second kappa shape index (κ2) is 5.52. The topological polar surface area (TPSA) is 57.6 Å². The number of nitrogens with zero attached hydrogens (tertiary/aromatic N) is 1. The molecule has 0 spiro atoms. The number of aromatic carboxylic acids is 1. The first kappa shape index (κ1) is 13.7. The summed E-state index contributed by atoms with van der Waals surface area (Å²) >= 11 is 0. The SMILES string of the molecule is CN(C(=O)c1cccc(F)c1)c1ccccc1C(=O)O. The Labute approximate surface area is 115 Å². The van der Waals surface area contributed by atoms with Gasteiger partial charge in [-0.3, -0.25) is 4.79 Å². The van der Waals surface area contributed by atoms with Crippen molar-refractivity contribution in [2.24, 2.45) is 0 Å². The van der Waals surface area contributed by atoms with E-state index < -0.39 is 17.7 Å². The number of carbonyl (C=O) groups excluding carboxylic acids is 1. The second-order valence-corrected chi connectivity index (χ2v) is 4.20. The van der Waals surface area contributed by atoms with Crippen LogP contribution in [0.5, 0.6) is 0 Å². The van der Waals surface area contributed by atoms with Gasteiger partial charge in [-0.15, -0.1) is 0 Å². The molecule has 0 aliphatic rings. The molecule has 20 heavy (non-hydrogen) atoms. The molecule has 102 valence electrons. The second-order valence-electron chi connectivity index (χ2n) is 4.20. The molecule has 0 unspecified atom stereocenters. The summed E-state index contributed by atoms with van der Waals surface area (Å²) in [5, 5.41) is 9.11. The van der Waals surface area contributed by atoms with Crippen LogP contribution in [0, 0.1) is 5.82 Å². The van der Waals surface area contributed by atoms with Crippen LogP contribution >= 0.6 is 0 Å². The van der Waals surface area contributed by atoms with Crippen molar-refractivity contribution in [1.82, 2.24) is 0 Å². The minimum Gasteiger partial charge on any atom is -0.478 e. The summed E-state index contributed by atoms with van der Waals surface area (Å²) in [5.74, 6) is -2.12. The lowest BCUT2D eigenvalue weighted by molar-refractivity contribution is 0.0697. The van der Waals surface area contributed by atoms with Gasteiger partial charge in [-0.2, -0.15) is 0 Å². The number of carboxylic acid groups (broad SMARTS) is 1. The molecule has 2 aromatic rings. The molecule has 1 amide bonds. The highest BCUT2D eigenvalue weighted by atomic mass is 19.1. The Balaban J connectivity index is 2.39. The van der Waals surface area contributed by atoms with Crippen LogP contribution in [0.15, 0.2) is 48.5 Å². The highest BCUT2D eigenvalue weighted by molar-refractivity contribution is 6.09. The molecule has 1 N–H and O–H groups in total. The molecule has 2 aromatic carbocycles. The number of hydrogen-bond acceptors (Lipinski definition) is 2. The van der Waals surface area contributed by atoms with E-state index in [9.17, 15) is 14.0 Å². The van der Waals surface area contributed by atoms with E-state index in [0.29, 0.717) is 0 Å². The summed E-state index contributed by atoms with van der Waals surface area (Å²) in [6.45, 7) is 0. The molecule has 0 fully saturated rings. The van der Waals surface area contributed by atoms with Crippen molar-refractivity contribution in [3.05, 3.63) is 65.5 Å². The zero-order chi connectivity index (χ0) is 14.7. The first-order chi connectivity index (χ1) is 9.50. The van der Waals surface area contributed by atoms with Crippen LogP contribution in [0.3, 0.4) is 0 Å². The Hall–Kier alpha value is -2.69. The first-order valence-electron chi connectivity index (χ1n) is 5.86. The molecule has 2 rings (SSSR count). The average Bonchev–Trinajstić information content (AvgIpc) is 2.45. The van der Waals surface area contributed by atoms with E-state index in [-0.39, 0.29) is 16.8 Å². The van der Waals surface area contributed by atoms with E-state index in [1.165, 1.54) is 42.3 Å². The Morgan fingerprint density at radius 1 is 1.10 bits per heavy atom. The molecule has 0 atom stereocenters. The zero-order valence-electron chi connectivity index (χ0n) is 10.7. The number of rotatable bonds is 3. The number of para-hydroxylation sites is 1. The number of benzene rings is 2. The molecular weight excluding hydrogens is 261 g/mol. The highest BCUT2D eigenvalue weighted by Crippen LogP contribution is 2.21. The minimum absolute atomic E-state index is 0.0137. The monoisotopic (exact) mass is 273 g/mol. The molecule has 4 nitrogen and oxygen atoms in total. The fourth-order valence-electron chi connectivity index (χ4n) is 1.87. The van der Waals surface area contributed by atoms with E-state index in [1.54, 1.807) is 12.1 Å². The molecule has 0 bridgehead atoms. The van der Waals surface area contributed by atoms with Gasteiger partial charge in [-0.05, 0) is 30.3 Å². The quantitative estimate of drug-likeness (QED) is 0.935. The Morgan fingerprint density at radius 2 is 1.80 bits per heavy atom. The normalized spacial score (nSPS) is 10.1. The van der Waals surface area contributed by atoms with Crippen LogP contribution in [0.25, 0.3) is 0 Å². The lowest BCUT2D eigenvalue weighted by Crippen LogP contribution is -2.27. The van der Waals surface area contributed by atoms with Gasteiger partial charge >= 0.3 is 5.97 Å². The van der Waals surface area contributed by atoms with Crippen LogP contribution in [0.4, 0.5) is 10.1 Å². The van der Waals surface area contributed by atoms with Crippen LogP contribution < -0.4 is 4.90 Å². The molecule has 0 saturated heterocycles. The average molecular weight is 273 g/mol. The molecule has 0 heterocycles. The van der Waals surface area contributed by atoms with Crippen molar-refractivity contribution in [2.45, 2.75) is 0 Å². The lowest BCUT2D eigenvalue weighted by atomic mass is 10.1. The highest BCUT2D eigenvalue weighted by Gasteiger charge is 2.19. The fraction of sp³-hybridized carbons (Fsp3) is 0.0667. The minimum atomic E-state index is -1.13. The number of hydrogen-bond donors (Lipinski definition) is 1. The number of carboxylic acids is 1. The van der Waals surface area contributed by atoms with Gasteiger partial charge in [0.25, 0.3) is 5.91 Å². The largest absolute Gasteiger partial charge is 0.478 e. The zero-order valence-corrected chi connectivity index (χ0v) is 10.7.